The molecule has 0 unspecified atom stereocenters. The minimum absolute atomic E-state index is 0.0325. The lowest BCUT2D eigenvalue weighted by Crippen LogP contribution is -2.15. The van der Waals surface area contributed by atoms with Crippen molar-refractivity contribution in [2.45, 2.75) is 12.7 Å². The number of pyridine rings is 1. The SMILES string of the molecule is Cc1cc(NS(=O)(=O)Cc2ccccc2)ccn1. The van der Waals surface area contributed by atoms with Crippen molar-refractivity contribution < 1.29 is 8.42 Å². The van der Waals surface area contributed by atoms with E-state index in [0.29, 0.717) is 5.69 Å². The number of benzene rings is 1. The van der Waals surface area contributed by atoms with Crippen molar-refractivity contribution in [3.63, 3.8) is 0 Å². The Bertz CT molecular complexity index is 624. The molecule has 2 rings (SSSR count). The summed E-state index contributed by atoms with van der Waals surface area (Å²) in [6, 6.07) is 12.4. The Morgan fingerprint density at radius 1 is 1.17 bits per heavy atom. The van der Waals surface area contributed by atoms with Gasteiger partial charge in [0, 0.05) is 11.9 Å². The van der Waals surface area contributed by atoms with Crippen molar-refractivity contribution in [2.24, 2.45) is 0 Å². The molecule has 0 spiro atoms. The van der Waals surface area contributed by atoms with Crippen LogP contribution >= 0.6 is 0 Å². The first-order chi connectivity index (χ1) is 8.55. The minimum Gasteiger partial charge on any atom is -0.283 e. The predicted octanol–water partition coefficient (Wildman–Crippen LogP) is 2.33. The van der Waals surface area contributed by atoms with Crippen LogP contribution in [0.3, 0.4) is 0 Å². The Balaban J connectivity index is 2.13. The molecular formula is C13H14N2O2S. The fourth-order valence-corrected chi connectivity index (χ4v) is 2.81. The number of rotatable bonds is 4. The van der Waals surface area contributed by atoms with Gasteiger partial charge in [-0.3, -0.25) is 9.71 Å². The zero-order chi connectivity index (χ0) is 13.0. The maximum Gasteiger partial charge on any atom is 0.236 e. The highest BCUT2D eigenvalue weighted by molar-refractivity contribution is 7.91. The van der Waals surface area contributed by atoms with Gasteiger partial charge in [0.05, 0.1) is 11.4 Å². The molecule has 0 amide bonds. The van der Waals surface area contributed by atoms with Crippen LogP contribution in [0.1, 0.15) is 11.3 Å². The topological polar surface area (TPSA) is 59.1 Å². The van der Waals surface area contributed by atoms with E-state index < -0.39 is 10.0 Å². The van der Waals surface area contributed by atoms with Crippen LogP contribution in [0.4, 0.5) is 5.69 Å². The van der Waals surface area contributed by atoms with E-state index in [4.69, 9.17) is 0 Å². The highest BCUT2D eigenvalue weighted by Crippen LogP contribution is 2.12. The summed E-state index contributed by atoms with van der Waals surface area (Å²) in [6.45, 7) is 1.81. The normalized spacial score (nSPS) is 11.2. The molecule has 0 aliphatic carbocycles. The summed E-state index contributed by atoms with van der Waals surface area (Å²) < 4.78 is 26.4. The summed E-state index contributed by atoms with van der Waals surface area (Å²) in [7, 11) is -3.38. The van der Waals surface area contributed by atoms with Gasteiger partial charge < -0.3 is 0 Å². The van der Waals surface area contributed by atoms with E-state index in [-0.39, 0.29) is 5.75 Å². The molecule has 0 aliphatic rings. The Morgan fingerprint density at radius 2 is 1.89 bits per heavy atom. The monoisotopic (exact) mass is 262 g/mol. The van der Waals surface area contributed by atoms with E-state index in [9.17, 15) is 8.42 Å². The number of aryl methyl sites for hydroxylation is 1. The van der Waals surface area contributed by atoms with Crippen molar-refractivity contribution in [3.8, 4) is 0 Å². The summed E-state index contributed by atoms with van der Waals surface area (Å²) in [5.41, 5.74) is 2.07. The molecule has 1 aromatic heterocycles. The van der Waals surface area contributed by atoms with E-state index in [2.05, 4.69) is 9.71 Å². The molecule has 0 radical (unpaired) electrons. The Morgan fingerprint density at radius 3 is 2.56 bits per heavy atom. The van der Waals surface area contributed by atoms with Crippen LogP contribution in [0.5, 0.6) is 0 Å². The van der Waals surface area contributed by atoms with Gasteiger partial charge in [-0.05, 0) is 24.6 Å². The van der Waals surface area contributed by atoms with Gasteiger partial charge in [0.1, 0.15) is 0 Å². The van der Waals surface area contributed by atoms with E-state index >= 15 is 0 Å². The average Bonchev–Trinajstić information content (AvgIpc) is 2.28. The summed E-state index contributed by atoms with van der Waals surface area (Å²) in [4.78, 5) is 4.02. The standard InChI is InChI=1S/C13H14N2O2S/c1-11-9-13(7-8-14-11)15-18(16,17)10-12-5-3-2-4-6-12/h2-9H,10H2,1H3,(H,14,15). The molecule has 1 N–H and O–H groups in total. The molecule has 0 saturated carbocycles. The number of hydrogen-bond acceptors (Lipinski definition) is 3. The van der Waals surface area contributed by atoms with Gasteiger partial charge in [0.15, 0.2) is 0 Å². The fraction of sp³-hybridized carbons (Fsp3) is 0.154. The molecule has 94 valence electrons. The maximum absolute atomic E-state index is 11.9. The lowest BCUT2D eigenvalue weighted by Gasteiger charge is -2.08. The molecule has 0 atom stereocenters. The average molecular weight is 262 g/mol. The Hall–Kier alpha value is -1.88. The van der Waals surface area contributed by atoms with Gasteiger partial charge in [-0.25, -0.2) is 8.42 Å². The summed E-state index contributed by atoms with van der Waals surface area (Å²) in [6.07, 6.45) is 1.58. The first-order valence-electron chi connectivity index (χ1n) is 5.52. The van der Waals surface area contributed by atoms with Crippen LogP contribution in [0.25, 0.3) is 0 Å². The van der Waals surface area contributed by atoms with Gasteiger partial charge in [0.25, 0.3) is 0 Å². The van der Waals surface area contributed by atoms with Crippen LogP contribution in [-0.4, -0.2) is 13.4 Å². The van der Waals surface area contributed by atoms with E-state index in [1.54, 1.807) is 30.5 Å². The molecule has 1 heterocycles. The van der Waals surface area contributed by atoms with Crippen molar-refractivity contribution in [2.75, 3.05) is 4.72 Å². The van der Waals surface area contributed by atoms with Gasteiger partial charge in [0.2, 0.25) is 10.0 Å². The second kappa shape index (κ2) is 5.18. The highest BCUT2D eigenvalue weighted by Gasteiger charge is 2.11. The van der Waals surface area contributed by atoms with Crippen molar-refractivity contribution in [3.05, 3.63) is 59.9 Å². The summed E-state index contributed by atoms with van der Waals surface area (Å²) >= 11 is 0. The quantitative estimate of drug-likeness (QED) is 0.920. The number of aromatic nitrogens is 1. The second-order valence-electron chi connectivity index (χ2n) is 4.03. The zero-order valence-electron chi connectivity index (χ0n) is 10.00. The van der Waals surface area contributed by atoms with Crippen LogP contribution < -0.4 is 4.72 Å². The molecule has 2 aromatic rings. The number of anilines is 1. The van der Waals surface area contributed by atoms with Crippen LogP contribution in [0.15, 0.2) is 48.7 Å². The first-order valence-corrected chi connectivity index (χ1v) is 7.17. The predicted molar refractivity (Wildman–Crippen MR) is 71.7 cm³/mol. The molecule has 0 saturated heterocycles. The van der Waals surface area contributed by atoms with E-state index in [1.165, 1.54) is 0 Å². The molecule has 1 aromatic carbocycles. The van der Waals surface area contributed by atoms with Crippen molar-refractivity contribution in [1.82, 2.24) is 4.98 Å². The molecule has 18 heavy (non-hydrogen) atoms. The highest BCUT2D eigenvalue weighted by atomic mass is 32.2. The molecule has 0 bridgehead atoms. The largest absolute Gasteiger partial charge is 0.283 e. The molecule has 4 nitrogen and oxygen atoms in total. The lowest BCUT2D eigenvalue weighted by molar-refractivity contribution is 0.600. The van der Waals surface area contributed by atoms with Crippen LogP contribution in [0, 0.1) is 6.92 Å². The third-order valence-electron chi connectivity index (χ3n) is 2.37. The molecule has 0 fully saturated rings. The van der Waals surface area contributed by atoms with Crippen molar-refractivity contribution in [1.29, 1.82) is 0 Å². The first kappa shape index (κ1) is 12.6. The summed E-state index contributed by atoms with van der Waals surface area (Å²) in [5, 5.41) is 0. The lowest BCUT2D eigenvalue weighted by atomic mass is 10.2. The third kappa shape index (κ3) is 3.56. The van der Waals surface area contributed by atoms with Gasteiger partial charge in [-0.2, -0.15) is 0 Å². The van der Waals surface area contributed by atoms with Crippen molar-refractivity contribution >= 4 is 15.7 Å². The fourth-order valence-electron chi connectivity index (χ4n) is 1.62. The number of sulfonamides is 1. The Kier molecular flexibility index (Phi) is 3.62. The minimum atomic E-state index is -3.38. The number of nitrogens with zero attached hydrogens (tertiary/aromatic N) is 1. The van der Waals surface area contributed by atoms with Gasteiger partial charge in [-0.1, -0.05) is 30.3 Å². The van der Waals surface area contributed by atoms with Crippen LogP contribution in [0.2, 0.25) is 0 Å². The van der Waals surface area contributed by atoms with E-state index in [1.807, 2.05) is 25.1 Å². The molecular weight excluding hydrogens is 248 g/mol. The second-order valence-corrected chi connectivity index (χ2v) is 5.75. The number of hydrogen-bond donors (Lipinski definition) is 1. The molecule has 0 aliphatic heterocycles. The third-order valence-corrected chi connectivity index (χ3v) is 3.63. The Labute approximate surface area is 107 Å². The summed E-state index contributed by atoms with van der Waals surface area (Å²) in [5.74, 6) is -0.0325. The van der Waals surface area contributed by atoms with Gasteiger partial charge >= 0.3 is 0 Å². The smallest absolute Gasteiger partial charge is 0.236 e. The van der Waals surface area contributed by atoms with Gasteiger partial charge in [-0.15, -0.1) is 0 Å². The number of nitrogens with one attached hydrogen (secondary N) is 1. The zero-order valence-corrected chi connectivity index (χ0v) is 10.8. The molecule has 5 heteroatoms. The van der Waals surface area contributed by atoms with E-state index in [0.717, 1.165) is 11.3 Å². The maximum atomic E-state index is 11.9. The van der Waals surface area contributed by atoms with Crippen LogP contribution in [-0.2, 0) is 15.8 Å².